The van der Waals surface area contributed by atoms with Gasteiger partial charge in [0.2, 0.25) is 10.0 Å². The molecule has 0 unspecified atom stereocenters. The molecule has 0 aliphatic heterocycles. The third kappa shape index (κ3) is 2.98. The molecule has 1 heterocycles. The van der Waals surface area contributed by atoms with Crippen LogP contribution in [0, 0.1) is 0 Å². The van der Waals surface area contributed by atoms with Gasteiger partial charge in [0.25, 0.3) is 5.91 Å². The molecule has 0 spiro atoms. The monoisotopic (exact) mass is 314 g/mol. The van der Waals surface area contributed by atoms with Gasteiger partial charge in [-0.15, -0.1) is 0 Å². The molecule has 0 aliphatic carbocycles. The molecule has 1 amide bonds. The van der Waals surface area contributed by atoms with Crippen molar-refractivity contribution in [3.05, 3.63) is 41.4 Å². The SMILES string of the molecule is Cn1cncc1C(=O)Nc1ccc(S(N)(=O)=O)c(Cl)c1. The van der Waals surface area contributed by atoms with Crippen LogP contribution in [0.3, 0.4) is 0 Å². The molecule has 2 rings (SSSR count). The lowest BCUT2D eigenvalue weighted by atomic mass is 10.3. The lowest BCUT2D eigenvalue weighted by molar-refractivity contribution is 0.101. The van der Waals surface area contributed by atoms with Gasteiger partial charge in [-0.3, -0.25) is 4.79 Å². The number of nitrogens with one attached hydrogen (secondary N) is 1. The summed E-state index contributed by atoms with van der Waals surface area (Å²) in [6.07, 6.45) is 2.90. The second-order valence-corrected chi connectivity index (χ2v) is 5.97. The third-order valence-electron chi connectivity index (χ3n) is 2.55. The van der Waals surface area contributed by atoms with Gasteiger partial charge in [0.1, 0.15) is 10.6 Å². The fourth-order valence-corrected chi connectivity index (χ4v) is 2.67. The zero-order valence-electron chi connectivity index (χ0n) is 10.4. The van der Waals surface area contributed by atoms with E-state index in [1.807, 2.05) is 0 Å². The van der Waals surface area contributed by atoms with E-state index in [1.54, 1.807) is 11.6 Å². The predicted molar refractivity (Wildman–Crippen MR) is 74.0 cm³/mol. The number of aromatic nitrogens is 2. The minimum absolute atomic E-state index is 0.0599. The molecular weight excluding hydrogens is 304 g/mol. The number of nitrogens with two attached hydrogens (primary N) is 1. The zero-order valence-corrected chi connectivity index (χ0v) is 11.9. The topological polar surface area (TPSA) is 107 Å². The second-order valence-electron chi connectivity index (χ2n) is 4.03. The summed E-state index contributed by atoms with van der Waals surface area (Å²) in [5, 5.41) is 7.52. The third-order valence-corrected chi connectivity index (χ3v) is 3.94. The Morgan fingerprint density at radius 1 is 1.45 bits per heavy atom. The number of hydrogen-bond donors (Lipinski definition) is 2. The van der Waals surface area contributed by atoms with Crippen LogP contribution in [0.1, 0.15) is 10.5 Å². The van der Waals surface area contributed by atoms with Crippen molar-refractivity contribution in [1.82, 2.24) is 9.55 Å². The Morgan fingerprint density at radius 3 is 2.65 bits per heavy atom. The van der Waals surface area contributed by atoms with Gasteiger partial charge in [-0.1, -0.05) is 11.6 Å². The van der Waals surface area contributed by atoms with E-state index >= 15 is 0 Å². The number of rotatable bonds is 3. The summed E-state index contributed by atoms with van der Waals surface area (Å²) in [6.45, 7) is 0. The van der Waals surface area contributed by atoms with E-state index in [4.69, 9.17) is 16.7 Å². The summed E-state index contributed by atoms with van der Waals surface area (Å²) in [7, 11) is -2.21. The molecule has 0 saturated carbocycles. The van der Waals surface area contributed by atoms with Crippen molar-refractivity contribution in [2.24, 2.45) is 12.2 Å². The van der Waals surface area contributed by atoms with Crippen molar-refractivity contribution in [3.8, 4) is 0 Å². The number of nitrogens with zero attached hydrogens (tertiary/aromatic N) is 2. The Labute approximate surface area is 120 Å². The van der Waals surface area contributed by atoms with E-state index < -0.39 is 10.0 Å². The molecule has 9 heteroatoms. The molecule has 0 aliphatic rings. The number of carbonyl (C=O) groups is 1. The van der Waals surface area contributed by atoms with E-state index in [2.05, 4.69) is 10.3 Å². The number of sulfonamides is 1. The molecule has 0 saturated heterocycles. The highest BCUT2D eigenvalue weighted by molar-refractivity contribution is 7.89. The maximum atomic E-state index is 11.9. The number of halogens is 1. The molecule has 0 atom stereocenters. The standard InChI is InChI=1S/C11H11ClN4O3S/c1-16-6-14-5-9(16)11(17)15-7-2-3-10(8(12)4-7)20(13,18)19/h2-6H,1H3,(H,15,17)(H2,13,18,19). The van der Waals surface area contributed by atoms with Gasteiger partial charge in [0, 0.05) is 12.7 Å². The average Bonchev–Trinajstić information content (AvgIpc) is 2.73. The lowest BCUT2D eigenvalue weighted by Gasteiger charge is -2.07. The average molecular weight is 315 g/mol. The Bertz CT molecular complexity index is 770. The van der Waals surface area contributed by atoms with Crippen LogP contribution in [0.4, 0.5) is 5.69 Å². The van der Waals surface area contributed by atoms with Crippen molar-refractivity contribution in [2.75, 3.05) is 5.32 Å². The zero-order chi connectivity index (χ0) is 14.9. The molecule has 1 aromatic carbocycles. The van der Waals surface area contributed by atoms with Gasteiger partial charge in [0.15, 0.2) is 0 Å². The minimum atomic E-state index is -3.89. The molecule has 3 N–H and O–H groups in total. The molecule has 0 fully saturated rings. The van der Waals surface area contributed by atoms with E-state index in [0.717, 1.165) is 0 Å². The first-order valence-corrected chi connectivity index (χ1v) is 7.31. The maximum absolute atomic E-state index is 11.9. The van der Waals surface area contributed by atoms with Crippen molar-refractivity contribution in [3.63, 3.8) is 0 Å². The van der Waals surface area contributed by atoms with E-state index in [-0.39, 0.29) is 15.8 Å². The lowest BCUT2D eigenvalue weighted by Crippen LogP contribution is -2.16. The van der Waals surface area contributed by atoms with E-state index in [0.29, 0.717) is 11.4 Å². The van der Waals surface area contributed by atoms with Crippen LogP contribution in [-0.2, 0) is 17.1 Å². The molecule has 106 valence electrons. The number of carbonyl (C=O) groups excluding carboxylic acids is 1. The fraction of sp³-hybridized carbons (Fsp3) is 0.0909. The van der Waals surface area contributed by atoms with Crippen molar-refractivity contribution >= 4 is 33.2 Å². The molecule has 1 aromatic heterocycles. The highest BCUT2D eigenvalue weighted by atomic mass is 35.5. The fourth-order valence-electron chi connectivity index (χ4n) is 1.58. The van der Waals surface area contributed by atoms with E-state index in [1.165, 1.54) is 30.7 Å². The van der Waals surface area contributed by atoms with Gasteiger partial charge in [-0.2, -0.15) is 0 Å². The molecule has 20 heavy (non-hydrogen) atoms. The van der Waals surface area contributed by atoms with Crippen LogP contribution >= 0.6 is 11.6 Å². The molecule has 2 aromatic rings. The van der Waals surface area contributed by atoms with Gasteiger partial charge in [-0.25, -0.2) is 18.5 Å². The molecule has 0 bridgehead atoms. The maximum Gasteiger partial charge on any atom is 0.273 e. The number of primary sulfonamides is 1. The van der Waals surface area contributed by atoms with Crippen LogP contribution in [0.15, 0.2) is 35.6 Å². The predicted octanol–water partition coefficient (Wildman–Crippen LogP) is 0.973. The number of hydrogen-bond acceptors (Lipinski definition) is 4. The normalized spacial score (nSPS) is 11.3. The number of benzene rings is 1. The summed E-state index contributed by atoms with van der Waals surface area (Å²) in [5.41, 5.74) is 0.713. The van der Waals surface area contributed by atoms with Crippen LogP contribution < -0.4 is 10.5 Å². The summed E-state index contributed by atoms with van der Waals surface area (Å²) in [6, 6.07) is 3.95. The van der Waals surface area contributed by atoms with Crippen LogP contribution in [-0.4, -0.2) is 23.9 Å². The Balaban J connectivity index is 2.26. The Hall–Kier alpha value is -1.90. The van der Waals surface area contributed by atoms with Gasteiger partial charge < -0.3 is 9.88 Å². The first-order valence-electron chi connectivity index (χ1n) is 5.39. The number of aryl methyl sites for hydroxylation is 1. The molecule has 7 nitrogen and oxygen atoms in total. The summed E-state index contributed by atoms with van der Waals surface area (Å²) in [4.78, 5) is 15.6. The van der Waals surface area contributed by atoms with Gasteiger partial charge >= 0.3 is 0 Å². The number of imidazole rings is 1. The Morgan fingerprint density at radius 2 is 2.15 bits per heavy atom. The first kappa shape index (κ1) is 14.5. The van der Waals surface area contributed by atoms with Crippen LogP contribution in [0.2, 0.25) is 5.02 Å². The molecule has 0 radical (unpaired) electrons. The number of amides is 1. The second kappa shape index (κ2) is 5.23. The van der Waals surface area contributed by atoms with E-state index in [9.17, 15) is 13.2 Å². The largest absolute Gasteiger partial charge is 0.330 e. The van der Waals surface area contributed by atoms with Crippen LogP contribution in [0.25, 0.3) is 0 Å². The van der Waals surface area contributed by atoms with Crippen LogP contribution in [0.5, 0.6) is 0 Å². The smallest absolute Gasteiger partial charge is 0.273 e. The van der Waals surface area contributed by atoms with Crippen molar-refractivity contribution in [2.45, 2.75) is 4.90 Å². The Kier molecular flexibility index (Phi) is 3.80. The van der Waals surface area contributed by atoms with Crippen molar-refractivity contribution in [1.29, 1.82) is 0 Å². The van der Waals surface area contributed by atoms with Gasteiger partial charge in [-0.05, 0) is 18.2 Å². The molecular formula is C11H11ClN4O3S. The minimum Gasteiger partial charge on any atom is -0.330 e. The first-order chi connectivity index (χ1) is 9.29. The number of anilines is 1. The summed E-state index contributed by atoms with van der Waals surface area (Å²) in [5.74, 6) is -0.385. The summed E-state index contributed by atoms with van der Waals surface area (Å²) < 4.78 is 24.0. The van der Waals surface area contributed by atoms with Crippen molar-refractivity contribution < 1.29 is 13.2 Å². The van der Waals surface area contributed by atoms with Gasteiger partial charge in [0.05, 0.1) is 17.5 Å². The highest BCUT2D eigenvalue weighted by Crippen LogP contribution is 2.24. The summed E-state index contributed by atoms with van der Waals surface area (Å²) >= 11 is 5.83. The quantitative estimate of drug-likeness (QED) is 0.880. The highest BCUT2D eigenvalue weighted by Gasteiger charge is 2.15.